The second kappa shape index (κ2) is 11.6. The Morgan fingerprint density at radius 3 is 2.36 bits per heavy atom. The fourth-order valence-corrected chi connectivity index (χ4v) is 3.87. The molecule has 3 rings (SSSR count). The van der Waals surface area contributed by atoms with Gasteiger partial charge in [-0.2, -0.15) is 13.2 Å². The quantitative estimate of drug-likeness (QED) is 0.379. The molecule has 0 saturated carbocycles. The first-order valence-electron chi connectivity index (χ1n) is 10.7. The molecule has 1 heterocycles. The molecule has 192 valence electrons. The zero-order chi connectivity index (χ0) is 26.5. The summed E-state index contributed by atoms with van der Waals surface area (Å²) in [5.41, 5.74) is 5.08. The Kier molecular flexibility index (Phi) is 8.80. The number of hydrogen-bond donors (Lipinski definition) is 1. The summed E-state index contributed by atoms with van der Waals surface area (Å²) < 4.78 is 45.3. The summed E-state index contributed by atoms with van der Waals surface area (Å²) in [6.07, 6.45) is -7.86. The number of hydrogen-bond acceptors (Lipinski definition) is 5. The maximum absolute atomic E-state index is 12.8. The number of carbonyl (C=O) groups excluding carboxylic acids is 2. The van der Waals surface area contributed by atoms with Gasteiger partial charge in [0.05, 0.1) is 6.42 Å². The number of ether oxygens (including phenoxy) is 1. The summed E-state index contributed by atoms with van der Waals surface area (Å²) in [5.74, 6) is -0.495. The molecule has 0 aliphatic heterocycles. The van der Waals surface area contributed by atoms with Gasteiger partial charge in [0, 0.05) is 34.1 Å². The number of amides is 1. The average Bonchev–Trinajstić information content (AvgIpc) is 3.10. The monoisotopic (exact) mass is 544 g/mol. The zero-order valence-electron chi connectivity index (χ0n) is 18.7. The van der Waals surface area contributed by atoms with Gasteiger partial charge in [-0.05, 0) is 36.8 Å². The number of nitrogens with two attached hydrogens (primary N) is 1. The van der Waals surface area contributed by atoms with Crippen molar-refractivity contribution >= 4 is 35.1 Å². The van der Waals surface area contributed by atoms with Crippen molar-refractivity contribution in [1.29, 1.82) is 0 Å². The van der Waals surface area contributed by atoms with Crippen molar-refractivity contribution in [3.05, 3.63) is 74.6 Å². The van der Waals surface area contributed by atoms with Crippen LogP contribution in [-0.4, -0.2) is 32.4 Å². The van der Waals surface area contributed by atoms with Crippen LogP contribution in [0.3, 0.4) is 0 Å². The molecule has 0 aliphatic carbocycles. The van der Waals surface area contributed by atoms with Gasteiger partial charge in [0.15, 0.2) is 11.6 Å². The van der Waals surface area contributed by atoms with Gasteiger partial charge in [-0.15, -0.1) is 5.10 Å². The number of benzene rings is 2. The van der Waals surface area contributed by atoms with Gasteiger partial charge in [0.2, 0.25) is 0 Å². The summed E-state index contributed by atoms with van der Waals surface area (Å²) in [6.45, 7) is -1.17. The van der Waals surface area contributed by atoms with E-state index in [1.807, 2.05) is 0 Å². The highest BCUT2D eigenvalue weighted by Crippen LogP contribution is 2.29. The van der Waals surface area contributed by atoms with Crippen LogP contribution in [0, 0.1) is 0 Å². The fourth-order valence-electron chi connectivity index (χ4n) is 3.49. The highest BCUT2D eigenvalue weighted by molar-refractivity contribution is 6.31. The Bertz CT molecular complexity index is 1290. The van der Waals surface area contributed by atoms with Gasteiger partial charge < -0.3 is 10.5 Å². The highest BCUT2D eigenvalue weighted by atomic mass is 35.5. The van der Waals surface area contributed by atoms with Crippen molar-refractivity contribution in [3.8, 4) is 11.4 Å². The van der Waals surface area contributed by atoms with Gasteiger partial charge in [0.25, 0.3) is 0 Å². The molecule has 0 fully saturated rings. The Hall–Kier alpha value is -3.31. The first kappa shape index (κ1) is 27.3. The van der Waals surface area contributed by atoms with E-state index < -0.39 is 49.4 Å². The molecule has 13 heteroatoms. The van der Waals surface area contributed by atoms with Crippen LogP contribution in [0.1, 0.15) is 30.9 Å². The molecule has 2 aromatic carbocycles. The van der Waals surface area contributed by atoms with Gasteiger partial charge in [-0.3, -0.25) is 9.36 Å². The standard InChI is InChI=1S/C23H21Cl2F3N4O4/c24-15-7-5-14(6-8-15)20-30-32(22(35)31(20)12-11-23(26,27)28)13-16(33)9-10-19(36-21(29)34)17-3-1-2-4-18(17)25/h1-8,19H,9-13H2,(H2,29,34). The lowest BCUT2D eigenvalue weighted by molar-refractivity contribution is -0.136. The normalized spacial score (nSPS) is 12.4. The molecule has 2 N–H and O–H groups in total. The zero-order valence-corrected chi connectivity index (χ0v) is 20.2. The third-order valence-corrected chi connectivity index (χ3v) is 5.76. The number of rotatable bonds is 10. The summed E-state index contributed by atoms with van der Waals surface area (Å²) in [6, 6.07) is 12.6. The molecular weight excluding hydrogens is 524 g/mol. The summed E-state index contributed by atoms with van der Waals surface area (Å²) in [4.78, 5) is 36.9. The molecule has 1 aromatic heterocycles. The van der Waals surface area contributed by atoms with Crippen LogP contribution in [-0.2, 0) is 22.6 Å². The molecule has 1 atom stereocenters. The van der Waals surface area contributed by atoms with Crippen LogP contribution >= 0.6 is 23.2 Å². The van der Waals surface area contributed by atoms with Gasteiger partial charge in [-0.25, -0.2) is 14.3 Å². The highest BCUT2D eigenvalue weighted by Gasteiger charge is 2.29. The smallest absolute Gasteiger partial charge is 0.405 e. The van der Waals surface area contributed by atoms with Crippen LogP contribution in [0.5, 0.6) is 0 Å². The molecule has 1 amide bonds. The molecule has 3 aromatic rings. The maximum atomic E-state index is 12.8. The fraction of sp³-hybridized carbons (Fsp3) is 0.304. The Balaban J connectivity index is 1.81. The Labute approximate surface area is 213 Å². The van der Waals surface area contributed by atoms with E-state index >= 15 is 0 Å². The molecule has 0 radical (unpaired) electrons. The van der Waals surface area contributed by atoms with E-state index in [1.54, 1.807) is 24.3 Å². The molecule has 36 heavy (non-hydrogen) atoms. The van der Waals surface area contributed by atoms with E-state index in [1.165, 1.54) is 24.3 Å². The van der Waals surface area contributed by atoms with Crippen molar-refractivity contribution in [2.24, 2.45) is 5.73 Å². The average molecular weight is 545 g/mol. The van der Waals surface area contributed by atoms with Crippen LogP contribution < -0.4 is 11.4 Å². The van der Waals surface area contributed by atoms with Crippen molar-refractivity contribution in [1.82, 2.24) is 14.3 Å². The lowest BCUT2D eigenvalue weighted by Crippen LogP contribution is -2.29. The van der Waals surface area contributed by atoms with Crippen LogP contribution in [0.4, 0.5) is 18.0 Å². The molecular formula is C23H21Cl2F3N4O4. The predicted octanol–water partition coefficient (Wildman–Crippen LogP) is 5.16. The molecule has 1 unspecified atom stereocenters. The number of primary amides is 1. The van der Waals surface area contributed by atoms with E-state index in [-0.39, 0.29) is 18.7 Å². The summed E-state index contributed by atoms with van der Waals surface area (Å²) in [5, 5.41) is 4.81. The van der Waals surface area contributed by atoms with Crippen LogP contribution in [0.15, 0.2) is 53.3 Å². The third kappa shape index (κ3) is 7.34. The summed E-state index contributed by atoms with van der Waals surface area (Å²) in [7, 11) is 0. The molecule has 0 saturated heterocycles. The number of halogens is 5. The van der Waals surface area contributed by atoms with Gasteiger partial charge in [0.1, 0.15) is 12.6 Å². The lowest BCUT2D eigenvalue weighted by atomic mass is 10.0. The third-order valence-electron chi connectivity index (χ3n) is 5.17. The Morgan fingerprint density at radius 2 is 1.75 bits per heavy atom. The predicted molar refractivity (Wildman–Crippen MR) is 127 cm³/mol. The number of carbonyl (C=O) groups is 2. The summed E-state index contributed by atoms with van der Waals surface area (Å²) >= 11 is 12.0. The number of Topliss-reactive ketones (excluding diaryl/α,β-unsaturated/α-hetero) is 1. The second-order valence-electron chi connectivity index (χ2n) is 7.81. The molecule has 0 aliphatic rings. The Morgan fingerprint density at radius 1 is 1.08 bits per heavy atom. The van der Waals surface area contributed by atoms with Crippen molar-refractivity contribution in [2.45, 2.75) is 44.6 Å². The van der Waals surface area contributed by atoms with E-state index in [0.29, 0.717) is 21.2 Å². The van der Waals surface area contributed by atoms with E-state index in [2.05, 4.69) is 5.10 Å². The number of alkyl halides is 3. The van der Waals surface area contributed by atoms with Gasteiger partial charge in [-0.1, -0.05) is 41.4 Å². The van der Waals surface area contributed by atoms with E-state index in [4.69, 9.17) is 33.7 Å². The van der Waals surface area contributed by atoms with E-state index in [9.17, 15) is 27.6 Å². The number of nitrogens with zero attached hydrogens (tertiary/aromatic N) is 3. The second-order valence-corrected chi connectivity index (χ2v) is 8.66. The first-order chi connectivity index (χ1) is 16.9. The molecule has 0 bridgehead atoms. The van der Waals surface area contributed by atoms with Crippen molar-refractivity contribution in [3.63, 3.8) is 0 Å². The van der Waals surface area contributed by atoms with Gasteiger partial charge >= 0.3 is 18.0 Å². The minimum atomic E-state index is -4.50. The molecule has 0 spiro atoms. The number of aromatic nitrogens is 3. The number of ketones is 1. The van der Waals surface area contributed by atoms with Crippen LogP contribution in [0.2, 0.25) is 10.0 Å². The topological polar surface area (TPSA) is 109 Å². The largest absolute Gasteiger partial charge is 0.441 e. The lowest BCUT2D eigenvalue weighted by Gasteiger charge is -2.17. The van der Waals surface area contributed by atoms with Crippen molar-refractivity contribution in [2.75, 3.05) is 0 Å². The van der Waals surface area contributed by atoms with Crippen LogP contribution in [0.25, 0.3) is 11.4 Å². The minimum absolute atomic E-state index is 0.0130. The maximum Gasteiger partial charge on any atom is 0.405 e. The molecule has 8 nitrogen and oxygen atoms in total. The SMILES string of the molecule is NC(=O)OC(CCC(=O)Cn1nc(-c2ccc(Cl)cc2)n(CCC(F)(F)F)c1=O)c1ccccc1Cl. The van der Waals surface area contributed by atoms with Crippen molar-refractivity contribution < 1.29 is 27.5 Å². The minimum Gasteiger partial charge on any atom is -0.441 e. The first-order valence-corrected chi connectivity index (χ1v) is 11.4. The van der Waals surface area contributed by atoms with E-state index in [0.717, 1.165) is 9.25 Å².